The highest BCUT2D eigenvalue weighted by atomic mass is 16.5. The molecule has 1 aromatic heterocycles. The quantitative estimate of drug-likeness (QED) is 0.651. The third-order valence-corrected chi connectivity index (χ3v) is 1.95. The van der Waals surface area contributed by atoms with Gasteiger partial charge in [0.05, 0.1) is 6.61 Å². The number of methoxy groups -OCH3 is 1. The minimum Gasteiger partial charge on any atom is -0.478 e. The second-order valence-corrected chi connectivity index (χ2v) is 3.05. The molecule has 78 valence electrons. The fourth-order valence-corrected chi connectivity index (χ4v) is 1.13. The summed E-state index contributed by atoms with van der Waals surface area (Å²) in [5, 5.41) is 0. The molecule has 0 saturated heterocycles. The van der Waals surface area contributed by atoms with E-state index in [4.69, 9.17) is 9.47 Å². The van der Waals surface area contributed by atoms with Crippen LogP contribution in [0.5, 0.6) is 5.88 Å². The van der Waals surface area contributed by atoms with Gasteiger partial charge in [-0.3, -0.25) is 0 Å². The number of pyridine rings is 1. The molecule has 1 heterocycles. The molecular weight excluding hydrogens is 178 g/mol. The van der Waals surface area contributed by atoms with Gasteiger partial charge in [-0.25, -0.2) is 4.98 Å². The van der Waals surface area contributed by atoms with Gasteiger partial charge in [0.1, 0.15) is 0 Å². The number of rotatable bonds is 6. The predicted molar refractivity (Wildman–Crippen MR) is 55.6 cm³/mol. The standard InChI is InChI=1S/C11H17NO2/c1-3-10-5-6-12-11(9-10)14-8-4-7-13-2/h5-6,9H,3-4,7-8H2,1-2H3. The van der Waals surface area contributed by atoms with Gasteiger partial charge in [0.25, 0.3) is 0 Å². The second kappa shape index (κ2) is 6.38. The maximum atomic E-state index is 5.46. The van der Waals surface area contributed by atoms with Crippen LogP contribution in [0.3, 0.4) is 0 Å². The van der Waals surface area contributed by atoms with Crippen molar-refractivity contribution in [1.82, 2.24) is 4.98 Å². The molecule has 0 spiro atoms. The molecule has 0 atom stereocenters. The van der Waals surface area contributed by atoms with Crippen LogP contribution in [-0.2, 0) is 11.2 Å². The van der Waals surface area contributed by atoms with E-state index in [1.807, 2.05) is 12.1 Å². The Morgan fingerprint density at radius 3 is 2.93 bits per heavy atom. The summed E-state index contributed by atoms with van der Waals surface area (Å²) in [6.07, 6.45) is 3.69. The van der Waals surface area contributed by atoms with Gasteiger partial charge >= 0.3 is 0 Å². The Morgan fingerprint density at radius 2 is 2.21 bits per heavy atom. The van der Waals surface area contributed by atoms with Crippen molar-refractivity contribution < 1.29 is 9.47 Å². The molecule has 3 heteroatoms. The Balaban J connectivity index is 2.34. The van der Waals surface area contributed by atoms with E-state index in [2.05, 4.69) is 11.9 Å². The van der Waals surface area contributed by atoms with Gasteiger partial charge in [0.15, 0.2) is 0 Å². The molecule has 0 radical (unpaired) electrons. The van der Waals surface area contributed by atoms with Gasteiger partial charge < -0.3 is 9.47 Å². The van der Waals surface area contributed by atoms with Gasteiger partial charge in [-0.2, -0.15) is 0 Å². The predicted octanol–water partition coefficient (Wildman–Crippen LogP) is 2.06. The van der Waals surface area contributed by atoms with Crippen molar-refractivity contribution in [3.8, 4) is 5.88 Å². The highest BCUT2D eigenvalue weighted by molar-refractivity contribution is 5.20. The van der Waals surface area contributed by atoms with Gasteiger partial charge in [0, 0.05) is 32.4 Å². The zero-order chi connectivity index (χ0) is 10.2. The first-order valence-electron chi connectivity index (χ1n) is 4.93. The minimum absolute atomic E-state index is 0.661. The van der Waals surface area contributed by atoms with Crippen LogP contribution in [-0.4, -0.2) is 25.3 Å². The van der Waals surface area contributed by atoms with E-state index >= 15 is 0 Å². The zero-order valence-corrected chi connectivity index (χ0v) is 8.82. The summed E-state index contributed by atoms with van der Waals surface area (Å²) < 4.78 is 10.4. The molecule has 0 aromatic carbocycles. The normalized spacial score (nSPS) is 10.1. The van der Waals surface area contributed by atoms with Crippen molar-refractivity contribution in [1.29, 1.82) is 0 Å². The number of aryl methyl sites for hydroxylation is 1. The monoisotopic (exact) mass is 195 g/mol. The lowest BCUT2D eigenvalue weighted by atomic mass is 10.2. The van der Waals surface area contributed by atoms with E-state index in [0.29, 0.717) is 12.5 Å². The van der Waals surface area contributed by atoms with E-state index in [1.54, 1.807) is 13.3 Å². The topological polar surface area (TPSA) is 31.4 Å². The maximum Gasteiger partial charge on any atom is 0.213 e. The van der Waals surface area contributed by atoms with Gasteiger partial charge in [-0.05, 0) is 18.1 Å². The van der Waals surface area contributed by atoms with E-state index in [0.717, 1.165) is 19.4 Å². The van der Waals surface area contributed by atoms with Gasteiger partial charge in [0.2, 0.25) is 5.88 Å². The zero-order valence-electron chi connectivity index (χ0n) is 8.82. The van der Waals surface area contributed by atoms with Gasteiger partial charge in [-0.15, -0.1) is 0 Å². The second-order valence-electron chi connectivity index (χ2n) is 3.05. The van der Waals surface area contributed by atoms with Crippen LogP contribution < -0.4 is 4.74 Å². The van der Waals surface area contributed by atoms with Crippen LogP contribution in [0.25, 0.3) is 0 Å². The largest absolute Gasteiger partial charge is 0.478 e. The molecule has 0 bridgehead atoms. The van der Waals surface area contributed by atoms with Crippen molar-refractivity contribution in [3.63, 3.8) is 0 Å². The first-order chi connectivity index (χ1) is 6.86. The van der Waals surface area contributed by atoms with Crippen molar-refractivity contribution in [3.05, 3.63) is 23.9 Å². The summed E-state index contributed by atoms with van der Waals surface area (Å²) in [6, 6.07) is 3.98. The van der Waals surface area contributed by atoms with Gasteiger partial charge in [-0.1, -0.05) is 6.92 Å². The lowest BCUT2D eigenvalue weighted by molar-refractivity contribution is 0.170. The summed E-state index contributed by atoms with van der Waals surface area (Å²) >= 11 is 0. The molecule has 0 aliphatic rings. The van der Waals surface area contributed by atoms with Crippen molar-refractivity contribution in [2.24, 2.45) is 0 Å². The van der Waals surface area contributed by atoms with Crippen molar-refractivity contribution in [2.75, 3.05) is 20.3 Å². The molecule has 1 rings (SSSR count). The molecule has 0 fully saturated rings. The molecule has 0 N–H and O–H groups in total. The minimum atomic E-state index is 0.661. The highest BCUT2D eigenvalue weighted by Crippen LogP contribution is 2.09. The first-order valence-corrected chi connectivity index (χ1v) is 4.93. The van der Waals surface area contributed by atoms with Crippen LogP contribution in [0.15, 0.2) is 18.3 Å². The van der Waals surface area contributed by atoms with E-state index in [1.165, 1.54) is 5.56 Å². The molecule has 14 heavy (non-hydrogen) atoms. The van der Waals surface area contributed by atoms with Crippen LogP contribution in [0.1, 0.15) is 18.9 Å². The average Bonchev–Trinajstić information content (AvgIpc) is 2.25. The lowest BCUT2D eigenvalue weighted by Gasteiger charge is -2.05. The molecular formula is C11H17NO2. The number of ether oxygens (including phenoxy) is 2. The Labute approximate surface area is 85.1 Å². The Kier molecular flexibility index (Phi) is 5.00. The third kappa shape index (κ3) is 3.75. The smallest absolute Gasteiger partial charge is 0.213 e. The number of hydrogen-bond acceptors (Lipinski definition) is 3. The summed E-state index contributed by atoms with van der Waals surface area (Å²) in [7, 11) is 1.69. The highest BCUT2D eigenvalue weighted by Gasteiger charge is 1.96. The molecule has 0 unspecified atom stereocenters. The molecule has 0 aliphatic heterocycles. The SMILES string of the molecule is CCc1ccnc(OCCCOC)c1. The fraction of sp³-hybridized carbons (Fsp3) is 0.545. The molecule has 3 nitrogen and oxygen atoms in total. The Morgan fingerprint density at radius 1 is 1.36 bits per heavy atom. The van der Waals surface area contributed by atoms with Crippen molar-refractivity contribution >= 4 is 0 Å². The van der Waals surface area contributed by atoms with Crippen LogP contribution in [0, 0.1) is 0 Å². The maximum absolute atomic E-state index is 5.46. The summed E-state index contributed by atoms with van der Waals surface area (Å²) in [5.41, 5.74) is 1.25. The van der Waals surface area contributed by atoms with Crippen LogP contribution >= 0.6 is 0 Å². The molecule has 0 aliphatic carbocycles. The van der Waals surface area contributed by atoms with E-state index < -0.39 is 0 Å². The van der Waals surface area contributed by atoms with Crippen LogP contribution in [0.2, 0.25) is 0 Å². The number of nitrogens with zero attached hydrogens (tertiary/aromatic N) is 1. The number of hydrogen-bond donors (Lipinski definition) is 0. The first kappa shape index (κ1) is 11.0. The summed E-state index contributed by atoms with van der Waals surface area (Å²) in [5.74, 6) is 0.709. The molecule has 0 amide bonds. The Bertz CT molecular complexity index is 263. The fourth-order valence-electron chi connectivity index (χ4n) is 1.13. The molecule has 0 saturated carbocycles. The van der Waals surface area contributed by atoms with E-state index in [-0.39, 0.29) is 0 Å². The summed E-state index contributed by atoms with van der Waals surface area (Å²) in [6.45, 7) is 3.51. The Hall–Kier alpha value is -1.09. The van der Waals surface area contributed by atoms with Crippen LogP contribution in [0.4, 0.5) is 0 Å². The number of aromatic nitrogens is 1. The summed E-state index contributed by atoms with van der Waals surface area (Å²) in [4.78, 5) is 4.12. The van der Waals surface area contributed by atoms with E-state index in [9.17, 15) is 0 Å². The van der Waals surface area contributed by atoms with Crippen molar-refractivity contribution in [2.45, 2.75) is 19.8 Å². The lowest BCUT2D eigenvalue weighted by Crippen LogP contribution is -2.02. The third-order valence-electron chi connectivity index (χ3n) is 1.95. The average molecular weight is 195 g/mol. The molecule has 1 aromatic rings.